The molecule has 0 saturated carbocycles. The van der Waals surface area contributed by atoms with Gasteiger partial charge in [0.25, 0.3) is 0 Å². The lowest BCUT2D eigenvalue weighted by molar-refractivity contribution is 0.197. The van der Waals surface area contributed by atoms with Gasteiger partial charge in [-0.3, -0.25) is 0 Å². The van der Waals surface area contributed by atoms with Gasteiger partial charge in [-0.05, 0) is 68.4 Å². The molecule has 1 heterocycles. The van der Waals surface area contributed by atoms with Crippen LogP contribution in [0.1, 0.15) is 49.8 Å². The second-order valence-corrected chi connectivity index (χ2v) is 6.81. The first kappa shape index (κ1) is 14.9. The Balaban J connectivity index is 1.49. The third kappa shape index (κ3) is 3.58. The second-order valence-electron chi connectivity index (χ2n) is 6.81. The first-order valence-electron chi connectivity index (χ1n) is 8.50. The molecule has 116 valence electrons. The van der Waals surface area contributed by atoms with Gasteiger partial charge in [0.05, 0.1) is 0 Å². The van der Waals surface area contributed by atoms with Crippen LogP contribution in [0.3, 0.4) is 0 Å². The number of nitrogens with zero attached hydrogens (tertiary/aromatic N) is 1. The van der Waals surface area contributed by atoms with Crippen LogP contribution in [-0.2, 0) is 6.42 Å². The van der Waals surface area contributed by atoms with E-state index in [4.69, 9.17) is 0 Å². The molecular formula is C18H28N2O. The summed E-state index contributed by atoms with van der Waals surface area (Å²) in [6, 6.07) is 6.36. The van der Waals surface area contributed by atoms with Gasteiger partial charge in [-0.25, -0.2) is 0 Å². The van der Waals surface area contributed by atoms with E-state index >= 15 is 0 Å². The summed E-state index contributed by atoms with van der Waals surface area (Å²) >= 11 is 0. The quantitative estimate of drug-likeness (QED) is 0.874. The number of nitrogens with one attached hydrogen (secondary N) is 1. The lowest BCUT2D eigenvalue weighted by Gasteiger charge is -2.29. The third-order valence-electron chi connectivity index (χ3n) is 4.98. The molecule has 21 heavy (non-hydrogen) atoms. The van der Waals surface area contributed by atoms with E-state index < -0.39 is 0 Å². The molecule has 1 fully saturated rings. The average molecular weight is 288 g/mol. The first-order valence-corrected chi connectivity index (χ1v) is 8.50. The zero-order chi connectivity index (χ0) is 14.7. The molecule has 0 aromatic heterocycles. The van der Waals surface area contributed by atoms with Gasteiger partial charge in [-0.1, -0.05) is 25.5 Å². The Morgan fingerprint density at radius 2 is 2.10 bits per heavy atom. The van der Waals surface area contributed by atoms with Crippen molar-refractivity contribution in [3.63, 3.8) is 0 Å². The maximum atomic E-state index is 9.91. The third-order valence-corrected chi connectivity index (χ3v) is 4.98. The Kier molecular flexibility index (Phi) is 4.81. The summed E-state index contributed by atoms with van der Waals surface area (Å²) < 4.78 is 0. The average Bonchev–Trinajstić information content (AvgIpc) is 2.91. The predicted octanol–water partition coefficient (Wildman–Crippen LogP) is 3.09. The Morgan fingerprint density at radius 1 is 1.29 bits per heavy atom. The highest BCUT2D eigenvalue weighted by Crippen LogP contribution is 2.36. The molecule has 0 spiro atoms. The van der Waals surface area contributed by atoms with Crippen molar-refractivity contribution in [2.24, 2.45) is 5.92 Å². The van der Waals surface area contributed by atoms with Crippen LogP contribution >= 0.6 is 0 Å². The van der Waals surface area contributed by atoms with Crippen LogP contribution in [0.4, 0.5) is 0 Å². The summed E-state index contributed by atoms with van der Waals surface area (Å²) in [6.07, 6.45) is 6.26. The Labute approximate surface area is 128 Å². The molecule has 3 nitrogen and oxygen atoms in total. The number of benzene rings is 1. The molecule has 0 amide bonds. The Hall–Kier alpha value is -1.06. The number of piperidine rings is 1. The fraction of sp³-hybridized carbons (Fsp3) is 0.667. The summed E-state index contributed by atoms with van der Waals surface area (Å²) in [6.45, 7) is 7.19. The normalized spacial score (nSPS) is 24.0. The van der Waals surface area contributed by atoms with Crippen LogP contribution in [0.15, 0.2) is 18.2 Å². The van der Waals surface area contributed by atoms with Crippen molar-refractivity contribution in [1.82, 2.24) is 10.2 Å². The van der Waals surface area contributed by atoms with E-state index in [0.717, 1.165) is 24.9 Å². The van der Waals surface area contributed by atoms with Crippen LogP contribution in [0, 0.1) is 5.92 Å². The molecule has 1 aliphatic carbocycles. The summed E-state index contributed by atoms with van der Waals surface area (Å²) in [5.41, 5.74) is 2.46. The summed E-state index contributed by atoms with van der Waals surface area (Å²) in [5, 5.41) is 13.6. The first-order chi connectivity index (χ1) is 10.2. The largest absolute Gasteiger partial charge is 0.508 e. The Bertz CT molecular complexity index is 468. The van der Waals surface area contributed by atoms with E-state index in [1.54, 1.807) is 6.07 Å². The van der Waals surface area contributed by atoms with Crippen LogP contribution in [0.2, 0.25) is 0 Å². The summed E-state index contributed by atoms with van der Waals surface area (Å²) in [5.74, 6) is 1.16. The summed E-state index contributed by atoms with van der Waals surface area (Å²) in [7, 11) is 0. The number of fused-ring (bicyclic) bond motifs is 1. The molecule has 1 aromatic carbocycles. The molecule has 3 rings (SSSR count). The van der Waals surface area contributed by atoms with Crippen LogP contribution < -0.4 is 5.32 Å². The zero-order valence-electron chi connectivity index (χ0n) is 13.1. The highest BCUT2D eigenvalue weighted by atomic mass is 16.3. The topological polar surface area (TPSA) is 35.5 Å². The van der Waals surface area contributed by atoms with Crippen molar-refractivity contribution in [2.45, 2.75) is 45.1 Å². The molecule has 0 radical (unpaired) electrons. The van der Waals surface area contributed by atoms with Gasteiger partial charge in [0.15, 0.2) is 0 Å². The fourth-order valence-electron chi connectivity index (χ4n) is 3.84. The molecule has 1 aliphatic heterocycles. The van der Waals surface area contributed by atoms with E-state index in [9.17, 15) is 5.11 Å². The second kappa shape index (κ2) is 6.80. The number of phenols is 1. The number of rotatable bonds is 5. The van der Waals surface area contributed by atoms with Gasteiger partial charge in [-0.15, -0.1) is 0 Å². The van der Waals surface area contributed by atoms with E-state index in [2.05, 4.69) is 23.2 Å². The van der Waals surface area contributed by atoms with Crippen molar-refractivity contribution >= 4 is 0 Å². The zero-order valence-corrected chi connectivity index (χ0v) is 13.1. The van der Waals surface area contributed by atoms with E-state index in [-0.39, 0.29) is 0 Å². The minimum atomic E-state index is 0.427. The smallest absolute Gasteiger partial charge is 0.119 e. The predicted molar refractivity (Wildman–Crippen MR) is 86.6 cm³/mol. The van der Waals surface area contributed by atoms with Crippen LogP contribution in [0.25, 0.3) is 0 Å². The highest BCUT2D eigenvalue weighted by molar-refractivity contribution is 5.44. The lowest BCUT2D eigenvalue weighted by Crippen LogP contribution is -2.37. The van der Waals surface area contributed by atoms with E-state index in [0.29, 0.717) is 17.7 Å². The molecule has 1 aromatic rings. The number of likely N-dealkylation sites (tertiary alicyclic amines) is 1. The molecule has 1 saturated heterocycles. The minimum Gasteiger partial charge on any atom is -0.508 e. The Morgan fingerprint density at radius 3 is 2.90 bits per heavy atom. The number of hydrogen-bond acceptors (Lipinski definition) is 3. The molecular weight excluding hydrogens is 260 g/mol. The van der Waals surface area contributed by atoms with Crippen molar-refractivity contribution in [3.05, 3.63) is 29.3 Å². The number of hydrogen-bond donors (Lipinski definition) is 2. The van der Waals surface area contributed by atoms with Gasteiger partial charge in [-0.2, -0.15) is 0 Å². The van der Waals surface area contributed by atoms with Gasteiger partial charge in [0, 0.05) is 12.6 Å². The number of aromatic hydroxyl groups is 1. The van der Waals surface area contributed by atoms with E-state index in [1.807, 2.05) is 6.07 Å². The van der Waals surface area contributed by atoms with Gasteiger partial charge < -0.3 is 15.3 Å². The molecule has 2 N–H and O–H groups in total. The fourth-order valence-corrected chi connectivity index (χ4v) is 3.84. The molecule has 3 heteroatoms. The maximum Gasteiger partial charge on any atom is 0.119 e. The number of phenolic OH excluding ortho intramolecular Hbond substituents is 1. The van der Waals surface area contributed by atoms with Gasteiger partial charge in [0.2, 0.25) is 0 Å². The van der Waals surface area contributed by atoms with Gasteiger partial charge in [0.1, 0.15) is 5.75 Å². The van der Waals surface area contributed by atoms with Crippen molar-refractivity contribution < 1.29 is 5.11 Å². The van der Waals surface area contributed by atoms with E-state index in [1.165, 1.54) is 44.5 Å². The van der Waals surface area contributed by atoms with Crippen molar-refractivity contribution in [3.8, 4) is 5.75 Å². The standard InChI is InChI=1S/C18H28N2O/c1-14(13-20-10-3-2-4-11-20)12-19-17-9-8-16-15(17)6-5-7-18(16)21/h5-7,14,17,19,21H,2-4,8-13H2,1H3. The van der Waals surface area contributed by atoms with Crippen LogP contribution in [0.5, 0.6) is 5.75 Å². The molecule has 2 aliphatic rings. The molecule has 0 bridgehead atoms. The SMILES string of the molecule is CC(CNC1CCc2c(O)cccc21)CN1CCCCC1. The van der Waals surface area contributed by atoms with Crippen molar-refractivity contribution in [1.29, 1.82) is 0 Å². The molecule has 2 atom stereocenters. The monoisotopic (exact) mass is 288 g/mol. The van der Waals surface area contributed by atoms with Crippen LogP contribution in [-0.4, -0.2) is 36.2 Å². The molecule has 2 unspecified atom stereocenters. The minimum absolute atomic E-state index is 0.427. The lowest BCUT2D eigenvalue weighted by atomic mass is 10.1. The van der Waals surface area contributed by atoms with Crippen molar-refractivity contribution in [2.75, 3.05) is 26.2 Å². The maximum absolute atomic E-state index is 9.91. The summed E-state index contributed by atoms with van der Waals surface area (Å²) in [4.78, 5) is 2.62. The van der Waals surface area contributed by atoms with Gasteiger partial charge >= 0.3 is 0 Å². The highest BCUT2D eigenvalue weighted by Gasteiger charge is 2.24.